The van der Waals surface area contributed by atoms with Gasteiger partial charge in [-0.3, -0.25) is 9.59 Å². The Balaban J connectivity index is 1.99. The second-order valence-corrected chi connectivity index (χ2v) is 6.27. The lowest BCUT2D eigenvalue weighted by Gasteiger charge is -2.42. The molecule has 0 aliphatic carbocycles. The molecule has 0 saturated carbocycles. The van der Waals surface area contributed by atoms with Gasteiger partial charge in [0.1, 0.15) is 5.60 Å². The molecule has 2 fully saturated rings. The monoisotopic (exact) mass is 283 g/mol. The van der Waals surface area contributed by atoms with Crippen molar-refractivity contribution in [2.75, 3.05) is 19.7 Å². The lowest BCUT2D eigenvalue weighted by Crippen LogP contribution is -2.54. The smallest absolute Gasteiger partial charge is 0.309 e. The van der Waals surface area contributed by atoms with Gasteiger partial charge in [0, 0.05) is 19.7 Å². The third-order valence-corrected chi connectivity index (χ3v) is 5.06. The van der Waals surface area contributed by atoms with Crippen LogP contribution in [-0.4, -0.2) is 47.2 Å². The molecule has 0 bridgehead atoms. The van der Waals surface area contributed by atoms with E-state index in [1.165, 1.54) is 0 Å². The maximum Gasteiger partial charge on any atom is 0.309 e. The number of likely N-dealkylation sites (tertiary alicyclic amines) is 1. The zero-order valence-corrected chi connectivity index (χ0v) is 12.5. The van der Waals surface area contributed by atoms with E-state index in [-0.39, 0.29) is 5.91 Å². The highest BCUT2D eigenvalue weighted by atomic mass is 16.5. The molecule has 2 rings (SSSR count). The minimum atomic E-state index is -0.729. The van der Waals surface area contributed by atoms with E-state index in [1.807, 2.05) is 13.8 Å². The molecule has 0 aromatic heterocycles. The summed E-state index contributed by atoms with van der Waals surface area (Å²) >= 11 is 0. The number of rotatable bonds is 3. The van der Waals surface area contributed by atoms with Gasteiger partial charge < -0.3 is 14.7 Å². The van der Waals surface area contributed by atoms with E-state index in [4.69, 9.17) is 4.74 Å². The molecule has 1 atom stereocenters. The van der Waals surface area contributed by atoms with Gasteiger partial charge >= 0.3 is 5.97 Å². The van der Waals surface area contributed by atoms with Crippen LogP contribution in [0.1, 0.15) is 52.4 Å². The Kier molecular flexibility index (Phi) is 4.37. The number of carboxylic acids is 1. The van der Waals surface area contributed by atoms with E-state index in [9.17, 15) is 14.7 Å². The molecule has 2 aliphatic heterocycles. The molecular formula is C15H25NO4. The van der Waals surface area contributed by atoms with Gasteiger partial charge in [-0.1, -0.05) is 6.92 Å². The first kappa shape index (κ1) is 15.3. The van der Waals surface area contributed by atoms with Crippen LogP contribution >= 0.6 is 0 Å². The number of nitrogens with zero attached hydrogens (tertiary/aromatic N) is 1. The number of aliphatic carboxylic acids is 1. The number of amides is 1. The molecule has 20 heavy (non-hydrogen) atoms. The zero-order valence-electron chi connectivity index (χ0n) is 12.5. The van der Waals surface area contributed by atoms with Crippen molar-refractivity contribution in [2.24, 2.45) is 5.41 Å². The molecule has 114 valence electrons. The second kappa shape index (κ2) is 5.72. The van der Waals surface area contributed by atoms with Crippen molar-refractivity contribution in [1.82, 2.24) is 4.90 Å². The number of carbonyl (C=O) groups is 2. The number of carboxylic acid groups (broad SMARTS) is 1. The van der Waals surface area contributed by atoms with Crippen molar-refractivity contribution in [1.29, 1.82) is 0 Å². The fraction of sp³-hybridized carbons (Fsp3) is 0.867. The maximum absolute atomic E-state index is 12.6. The average molecular weight is 283 g/mol. The Hall–Kier alpha value is -1.10. The summed E-state index contributed by atoms with van der Waals surface area (Å²) in [6.07, 6.45) is 4.50. The maximum atomic E-state index is 12.6. The summed E-state index contributed by atoms with van der Waals surface area (Å²) in [4.78, 5) is 25.8. The van der Waals surface area contributed by atoms with Crippen LogP contribution in [0.3, 0.4) is 0 Å². The van der Waals surface area contributed by atoms with Crippen molar-refractivity contribution in [3.05, 3.63) is 0 Å². The first-order chi connectivity index (χ1) is 9.43. The van der Waals surface area contributed by atoms with Gasteiger partial charge in [-0.2, -0.15) is 0 Å². The van der Waals surface area contributed by atoms with Crippen molar-refractivity contribution >= 4 is 11.9 Å². The van der Waals surface area contributed by atoms with Gasteiger partial charge in [-0.15, -0.1) is 0 Å². The zero-order chi connectivity index (χ0) is 14.8. The molecule has 0 unspecified atom stereocenters. The van der Waals surface area contributed by atoms with E-state index in [1.54, 1.807) is 4.90 Å². The number of carbonyl (C=O) groups excluding carboxylic acids is 1. The number of hydrogen-bond donors (Lipinski definition) is 1. The Morgan fingerprint density at radius 1 is 1.20 bits per heavy atom. The van der Waals surface area contributed by atoms with Gasteiger partial charge in [0.2, 0.25) is 0 Å². The molecule has 0 radical (unpaired) electrons. The Bertz CT molecular complexity index is 379. The standard InChI is InChI=1S/C15H25NO4/c1-3-15(13(18)19)7-9-16(10-8-15)12(17)14(2)6-4-5-11-20-14/h3-11H2,1-2H3,(H,18,19)/t14-/m1/s1. The van der Waals surface area contributed by atoms with Crippen LogP contribution in [0.2, 0.25) is 0 Å². The first-order valence-corrected chi connectivity index (χ1v) is 7.60. The summed E-state index contributed by atoms with van der Waals surface area (Å²) in [5.41, 5.74) is -1.35. The Morgan fingerprint density at radius 3 is 2.30 bits per heavy atom. The fourth-order valence-corrected chi connectivity index (χ4v) is 3.29. The third-order valence-electron chi connectivity index (χ3n) is 5.06. The molecule has 5 heteroatoms. The molecule has 0 aromatic rings. The van der Waals surface area contributed by atoms with Gasteiger partial charge in [-0.25, -0.2) is 0 Å². The highest BCUT2D eigenvalue weighted by Crippen LogP contribution is 2.36. The van der Waals surface area contributed by atoms with E-state index < -0.39 is 17.0 Å². The summed E-state index contributed by atoms with van der Waals surface area (Å²) in [6.45, 7) is 5.48. The van der Waals surface area contributed by atoms with Gasteiger partial charge in [-0.05, 0) is 45.4 Å². The quantitative estimate of drug-likeness (QED) is 0.861. The lowest BCUT2D eigenvalue weighted by molar-refractivity contribution is -0.167. The van der Waals surface area contributed by atoms with Crippen molar-refractivity contribution in [2.45, 2.75) is 58.0 Å². The summed E-state index contributed by atoms with van der Waals surface area (Å²) in [7, 11) is 0. The minimum Gasteiger partial charge on any atom is -0.481 e. The van der Waals surface area contributed by atoms with E-state index in [2.05, 4.69) is 0 Å². The number of hydrogen-bond acceptors (Lipinski definition) is 3. The van der Waals surface area contributed by atoms with Gasteiger partial charge in [0.25, 0.3) is 5.91 Å². The van der Waals surface area contributed by atoms with E-state index in [0.717, 1.165) is 19.3 Å². The largest absolute Gasteiger partial charge is 0.481 e. The Morgan fingerprint density at radius 2 is 1.85 bits per heavy atom. The van der Waals surface area contributed by atoms with Crippen molar-refractivity contribution in [3.63, 3.8) is 0 Å². The van der Waals surface area contributed by atoms with E-state index in [0.29, 0.717) is 39.0 Å². The molecule has 5 nitrogen and oxygen atoms in total. The highest BCUT2D eigenvalue weighted by molar-refractivity contribution is 5.85. The number of piperidine rings is 1. The average Bonchev–Trinajstić information content (AvgIpc) is 2.47. The highest BCUT2D eigenvalue weighted by Gasteiger charge is 2.45. The molecule has 1 N–H and O–H groups in total. The lowest BCUT2D eigenvalue weighted by atomic mass is 9.76. The molecule has 2 saturated heterocycles. The van der Waals surface area contributed by atoms with Crippen LogP contribution in [0.4, 0.5) is 0 Å². The van der Waals surface area contributed by atoms with Crippen LogP contribution in [-0.2, 0) is 14.3 Å². The van der Waals surface area contributed by atoms with Crippen LogP contribution in [0.15, 0.2) is 0 Å². The Labute approximate surface area is 120 Å². The second-order valence-electron chi connectivity index (χ2n) is 6.27. The topological polar surface area (TPSA) is 66.8 Å². The summed E-state index contributed by atoms with van der Waals surface area (Å²) in [5.74, 6) is -0.695. The molecule has 0 spiro atoms. The molecule has 0 aromatic carbocycles. The number of ether oxygens (including phenoxy) is 1. The van der Waals surface area contributed by atoms with Crippen LogP contribution in [0.25, 0.3) is 0 Å². The van der Waals surface area contributed by atoms with Crippen LogP contribution in [0.5, 0.6) is 0 Å². The minimum absolute atomic E-state index is 0.0345. The van der Waals surface area contributed by atoms with Crippen molar-refractivity contribution in [3.8, 4) is 0 Å². The van der Waals surface area contributed by atoms with Crippen LogP contribution in [0, 0.1) is 5.41 Å². The first-order valence-electron chi connectivity index (χ1n) is 7.60. The molecule has 2 aliphatic rings. The predicted molar refractivity (Wildman–Crippen MR) is 74.4 cm³/mol. The molecule has 2 heterocycles. The third kappa shape index (κ3) is 2.68. The summed E-state index contributed by atoms with van der Waals surface area (Å²) in [6, 6.07) is 0. The fourth-order valence-electron chi connectivity index (χ4n) is 3.29. The SMILES string of the molecule is CCC1(C(=O)O)CCN(C(=O)[C@@]2(C)CCCCO2)CC1. The molecular weight excluding hydrogens is 258 g/mol. The molecule has 1 amide bonds. The van der Waals surface area contributed by atoms with E-state index >= 15 is 0 Å². The van der Waals surface area contributed by atoms with Gasteiger partial charge in [0.05, 0.1) is 5.41 Å². The van der Waals surface area contributed by atoms with Crippen LogP contribution < -0.4 is 0 Å². The van der Waals surface area contributed by atoms with Crippen molar-refractivity contribution < 1.29 is 19.4 Å². The predicted octanol–water partition coefficient (Wildman–Crippen LogP) is 2.05. The summed E-state index contributed by atoms with van der Waals surface area (Å²) in [5, 5.41) is 9.38. The normalized spacial score (nSPS) is 30.0. The van der Waals surface area contributed by atoms with Gasteiger partial charge in [0.15, 0.2) is 0 Å². The summed E-state index contributed by atoms with van der Waals surface area (Å²) < 4.78 is 5.70.